The lowest BCUT2D eigenvalue weighted by molar-refractivity contribution is -0.129. The minimum Gasteiger partial charge on any atom is -0.448 e. The molecule has 2 aromatic carbocycles. The highest BCUT2D eigenvalue weighted by Gasteiger charge is 2.23. The third-order valence-electron chi connectivity index (χ3n) is 3.68. The number of esters is 1. The Morgan fingerprint density at radius 2 is 1.80 bits per heavy atom. The van der Waals surface area contributed by atoms with E-state index in [-0.39, 0.29) is 5.91 Å². The molecule has 0 aliphatic carbocycles. The van der Waals surface area contributed by atoms with E-state index in [4.69, 9.17) is 16.3 Å². The standard InChI is InChI=1S/C19H16ClNO3S/c1-12(18(22)21-11-13-7-3-2-4-8-13)24-19(23)17-16(20)14-9-5-6-10-15(14)25-17/h2-10,12H,11H2,1H3,(H,21,22). The van der Waals surface area contributed by atoms with Crippen molar-refractivity contribution in [2.45, 2.75) is 19.6 Å². The Morgan fingerprint density at radius 3 is 2.52 bits per heavy atom. The van der Waals surface area contributed by atoms with Crippen molar-refractivity contribution in [3.05, 3.63) is 70.1 Å². The minimum atomic E-state index is -0.905. The Labute approximate surface area is 154 Å². The first-order chi connectivity index (χ1) is 12.1. The molecule has 0 spiro atoms. The van der Waals surface area contributed by atoms with Gasteiger partial charge >= 0.3 is 5.97 Å². The molecule has 1 unspecified atom stereocenters. The highest BCUT2D eigenvalue weighted by molar-refractivity contribution is 7.21. The maximum atomic E-state index is 12.3. The average Bonchev–Trinajstić information content (AvgIpc) is 2.97. The molecule has 0 fully saturated rings. The molecule has 128 valence electrons. The van der Waals surface area contributed by atoms with Crippen molar-refractivity contribution in [1.82, 2.24) is 5.32 Å². The van der Waals surface area contributed by atoms with Gasteiger partial charge in [-0.1, -0.05) is 60.1 Å². The molecule has 3 rings (SSSR count). The van der Waals surface area contributed by atoms with Gasteiger partial charge in [-0.05, 0) is 18.6 Å². The van der Waals surface area contributed by atoms with Gasteiger partial charge in [-0.3, -0.25) is 4.79 Å². The van der Waals surface area contributed by atoms with Gasteiger partial charge in [0.15, 0.2) is 6.10 Å². The highest BCUT2D eigenvalue weighted by atomic mass is 35.5. The Kier molecular flexibility index (Phi) is 5.36. The monoisotopic (exact) mass is 373 g/mol. The van der Waals surface area contributed by atoms with Crippen molar-refractivity contribution in [3.8, 4) is 0 Å². The first-order valence-electron chi connectivity index (χ1n) is 7.76. The van der Waals surface area contributed by atoms with E-state index in [0.29, 0.717) is 16.4 Å². The van der Waals surface area contributed by atoms with E-state index in [0.717, 1.165) is 15.6 Å². The molecule has 0 bridgehead atoms. The van der Waals surface area contributed by atoms with Crippen LogP contribution in [0.4, 0.5) is 0 Å². The maximum absolute atomic E-state index is 12.3. The molecule has 3 aromatic rings. The second-order valence-electron chi connectivity index (χ2n) is 5.49. The molecule has 25 heavy (non-hydrogen) atoms. The maximum Gasteiger partial charge on any atom is 0.350 e. The summed E-state index contributed by atoms with van der Waals surface area (Å²) in [6, 6.07) is 17.0. The molecule has 6 heteroatoms. The third kappa shape index (κ3) is 4.00. The van der Waals surface area contributed by atoms with Crippen molar-refractivity contribution in [2.75, 3.05) is 0 Å². The Bertz CT molecular complexity index is 907. The number of thiophene rings is 1. The van der Waals surface area contributed by atoms with Crippen LogP contribution in [0, 0.1) is 0 Å². The fraction of sp³-hybridized carbons (Fsp3) is 0.158. The largest absolute Gasteiger partial charge is 0.448 e. The van der Waals surface area contributed by atoms with E-state index in [9.17, 15) is 9.59 Å². The van der Waals surface area contributed by atoms with Crippen LogP contribution in [0.3, 0.4) is 0 Å². The molecule has 1 aromatic heterocycles. The van der Waals surface area contributed by atoms with Gasteiger partial charge in [-0.2, -0.15) is 0 Å². The fourth-order valence-electron chi connectivity index (χ4n) is 2.34. The van der Waals surface area contributed by atoms with Gasteiger partial charge in [0, 0.05) is 16.6 Å². The molecule has 4 nitrogen and oxygen atoms in total. The molecular formula is C19H16ClNO3S. The molecular weight excluding hydrogens is 358 g/mol. The predicted octanol–water partition coefficient (Wildman–Crippen LogP) is 4.42. The van der Waals surface area contributed by atoms with Gasteiger partial charge in [-0.15, -0.1) is 11.3 Å². The smallest absolute Gasteiger partial charge is 0.350 e. The second-order valence-corrected chi connectivity index (χ2v) is 6.92. The van der Waals surface area contributed by atoms with Gasteiger partial charge < -0.3 is 10.1 Å². The lowest BCUT2D eigenvalue weighted by Gasteiger charge is -2.13. The number of nitrogens with one attached hydrogen (secondary N) is 1. The number of ether oxygens (including phenoxy) is 1. The highest BCUT2D eigenvalue weighted by Crippen LogP contribution is 2.35. The van der Waals surface area contributed by atoms with E-state index >= 15 is 0 Å². The Balaban J connectivity index is 1.63. The van der Waals surface area contributed by atoms with Crippen molar-refractivity contribution in [1.29, 1.82) is 0 Å². The summed E-state index contributed by atoms with van der Waals surface area (Å²) in [6.07, 6.45) is -0.905. The zero-order chi connectivity index (χ0) is 17.8. The van der Waals surface area contributed by atoms with Crippen LogP contribution >= 0.6 is 22.9 Å². The summed E-state index contributed by atoms with van der Waals surface area (Å²) in [4.78, 5) is 24.8. The summed E-state index contributed by atoms with van der Waals surface area (Å²) in [5.74, 6) is -0.942. The minimum absolute atomic E-state index is 0.311. The molecule has 1 atom stereocenters. The van der Waals surface area contributed by atoms with Crippen LogP contribution in [0.1, 0.15) is 22.2 Å². The number of hydrogen-bond acceptors (Lipinski definition) is 4. The molecule has 1 N–H and O–H groups in total. The summed E-state index contributed by atoms with van der Waals surface area (Å²) in [5.41, 5.74) is 0.974. The van der Waals surface area contributed by atoms with E-state index in [1.54, 1.807) is 6.92 Å². The number of carbonyl (C=O) groups excluding carboxylic acids is 2. The van der Waals surface area contributed by atoms with Crippen LogP contribution in [0.2, 0.25) is 5.02 Å². The van der Waals surface area contributed by atoms with E-state index in [1.807, 2.05) is 54.6 Å². The first kappa shape index (κ1) is 17.5. The molecule has 0 saturated carbocycles. The van der Waals surface area contributed by atoms with Crippen LogP contribution in [0.15, 0.2) is 54.6 Å². The van der Waals surface area contributed by atoms with Crippen LogP contribution in [0.25, 0.3) is 10.1 Å². The fourth-order valence-corrected chi connectivity index (χ4v) is 3.73. The van der Waals surface area contributed by atoms with Crippen molar-refractivity contribution in [2.24, 2.45) is 0 Å². The number of hydrogen-bond donors (Lipinski definition) is 1. The summed E-state index contributed by atoms with van der Waals surface area (Å²) < 4.78 is 6.18. The van der Waals surface area contributed by atoms with Gasteiger partial charge in [-0.25, -0.2) is 4.79 Å². The van der Waals surface area contributed by atoms with Crippen molar-refractivity contribution in [3.63, 3.8) is 0 Å². The Hall–Kier alpha value is -2.37. The average molecular weight is 374 g/mol. The lowest BCUT2D eigenvalue weighted by atomic mass is 10.2. The van der Waals surface area contributed by atoms with Gasteiger partial charge in [0.25, 0.3) is 5.91 Å². The van der Waals surface area contributed by atoms with E-state index in [2.05, 4.69) is 5.32 Å². The third-order valence-corrected chi connectivity index (χ3v) is 5.34. The van der Waals surface area contributed by atoms with Crippen molar-refractivity contribution >= 4 is 44.9 Å². The lowest BCUT2D eigenvalue weighted by Crippen LogP contribution is -2.35. The van der Waals surface area contributed by atoms with E-state index < -0.39 is 12.1 Å². The molecule has 1 amide bonds. The molecule has 1 heterocycles. The molecule has 0 saturated heterocycles. The van der Waals surface area contributed by atoms with Crippen molar-refractivity contribution < 1.29 is 14.3 Å². The van der Waals surface area contributed by atoms with Gasteiger partial charge in [0.2, 0.25) is 0 Å². The summed E-state index contributed by atoms with van der Waals surface area (Å²) >= 11 is 7.52. The number of amides is 1. The second kappa shape index (κ2) is 7.68. The quantitative estimate of drug-likeness (QED) is 0.674. The molecule has 0 aliphatic heterocycles. The zero-order valence-electron chi connectivity index (χ0n) is 13.5. The summed E-state index contributed by atoms with van der Waals surface area (Å²) in [7, 11) is 0. The number of carbonyl (C=O) groups is 2. The van der Waals surface area contributed by atoms with Crippen LogP contribution in [-0.2, 0) is 16.1 Å². The SMILES string of the molecule is CC(OC(=O)c1sc2ccccc2c1Cl)C(=O)NCc1ccccc1. The topological polar surface area (TPSA) is 55.4 Å². The summed E-state index contributed by atoms with van der Waals surface area (Å²) in [6.45, 7) is 1.92. The van der Waals surface area contributed by atoms with E-state index in [1.165, 1.54) is 11.3 Å². The normalized spacial score (nSPS) is 11.9. The Morgan fingerprint density at radius 1 is 1.12 bits per heavy atom. The number of benzene rings is 2. The number of fused-ring (bicyclic) bond motifs is 1. The van der Waals surface area contributed by atoms with Gasteiger partial charge in [0.1, 0.15) is 4.88 Å². The number of rotatable bonds is 5. The van der Waals surface area contributed by atoms with Crippen LogP contribution in [0.5, 0.6) is 0 Å². The molecule has 0 radical (unpaired) electrons. The van der Waals surface area contributed by atoms with Gasteiger partial charge in [0.05, 0.1) is 5.02 Å². The predicted molar refractivity (Wildman–Crippen MR) is 100 cm³/mol. The zero-order valence-corrected chi connectivity index (χ0v) is 15.1. The molecule has 0 aliphatic rings. The number of halogens is 1. The summed E-state index contributed by atoms with van der Waals surface area (Å²) in [5, 5.41) is 3.92. The van der Waals surface area contributed by atoms with Crippen LogP contribution < -0.4 is 5.32 Å². The first-order valence-corrected chi connectivity index (χ1v) is 8.95. The van der Waals surface area contributed by atoms with Crippen LogP contribution in [-0.4, -0.2) is 18.0 Å².